The molecule has 0 saturated carbocycles. The summed E-state index contributed by atoms with van der Waals surface area (Å²) in [5.41, 5.74) is 1.96. The van der Waals surface area contributed by atoms with Crippen LogP contribution in [0.3, 0.4) is 0 Å². The molecular formula is C19H21N3O5S2. The van der Waals surface area contributed by atoms with E-state index in [1.807, 2.05) is 0 Å². The molecule has 1 heterocycles. The van der Waals surface area contributed by atoms with Gasteiger partial charge in [-0.05, 0) is 60.9 Å². The number of aliphatic imine (C=N–C) groups is 1. The highest BCUT2D eigenvalue weighted by atomic mass is 32.2. The van der Waals surface area contributed by atoms with E-state index in [0.29, 0.717) is 35.7 Å². The van der Waals surface area contributed by atoms with Gasteiger partial charge in [-0.25, -0.2) is 22.0 Å². The van der Waals surface area contributed by atoms with Crippen LogP contribution in [0.4, 0.5) is 0 Å². The van der Waals surface area contributed by atoms with Crippen molar-refractivity contribution in [2.75, 3.05) is 13.7 Å². The molecule has 2 aromatic rings. The van der Waals surface area contributed by atoms with E-state index in [2.05, 4.69) is 9.71 Å². The van der Waals surface area contributed by atoms with Crippen molar-refractivity contribution in [1.29, 1.82) is 0 Å². The van der Waals surface area contributed by atoms with Crippen LogP contribution in [0.2, 0.25) is 0 Å². The largest absolute Gasteiger partial charge is 0.497 e. The molecule has 0 unspecified atom stereocenters. The Morgan fingerprint density at radius 3 is 2.24 bits per heavy atom. The second-order valence-electron chi connectivity index (χ2n) is 6.46. The van der Waals surface area contributed by atoms with Crippen molar-refractivity contribution in [3.05, 3.63) is 65.2 Å². The summed E-state index contributed by atoms with van der Waals surface area (Å²) in [6.45, 7) is 2.04. The standard InChI is InChI=1S/C19H21N3O5S2/c1-13-18(15-5-7-16(27-2)8-6-15)29(25,26)22-19(13)21-12-11-14-3-9-17(10-4-14)28(20,23)24/h3-10H,11-12H2,1-2H3,(H,21,22)(H2,20,23,24). The Bertz CT molecular complexity index is 1180. The van der Waals surface area contributed by atoms with E-state index in [9.17, 15) is 16.8 Å². The summed E-state index contributed by atoms with van der Waals surface area (Å²) in [5.74, 6) is 0.940. The van der Waals surface area contributed by atoms with Crippen LogP contribution in [0.25, 0.3) is 4.91 Å². The zero-order valence-electron chi connectivity index (χ0n) is 15.9. The number of nitrogens with zero attached hydrogens (tertiary/aromatic N) is 1. The fraction of sp³-hybridized carbons (Fsp3) is 0.211. The zero-order valence-corrected chi connectivity index (χ0v) is 17.5. The number of hydrogen-bond donors (Lipinski definition) is 2. The van der Waals surface area contributed by atoms with Crippen molar-refractivity contribution in [2.24, 2.45) is 10.1 Å². The van der Waals surface area contributed by atoms with Crippen LogP contribution < -0.4 is 14.6 Å². The molecule has 10 heteroatoms. The number of rotatable bonds is 6. The average molecular weight is 436 g/mol. The van der Waals surface area contributed by atoms with Gasteiger partial charge in [0.2, 0.25) is 10.0 Å². The lowest BCUT2D eigenvalue weighted by Crippen LogP contribution is -2.24. The molecule has 0 atom stereocenters. The molecule has 0 fully saturated rings. The number of amidine groups is 1. The zero-order chi connectivity index (χ0) is 21.2. The average Bonchev–Trinajstić information content (AvgIpc) is 2.90. The van der Waals surface area contributed by atoms with E-state index >= 15 is 0 Å². The summed E-state index contributed by atoms with van der Waals surface area (Å²) in [7, 11) is -5.88. The van der Waals surface area contributed by atoms with E-state index in [-0.39, 0.29) is 9.80 Å². The molecule has 0 spiro atoms. The number of sulfonamides is 2. The van der Waals surface area contributed by atoms with Gasteiger partial charge >= 0.3 is 0 Å². The maximum absolute atomic E-state index is 12.6. The highest BCUT2D eigenvalue weighted by molar-refractivity contribution is 8.00. The topological polar surface area (TPSA) is 128 Å². The monoisotopic (exact) mass is 435 g/mol. The molecule has 0 radical (unpaired) electrons. The molecule has 0 amide bonds. The van der Waals surface area contributed by atoms with E-state index in [1.54, 1.807) is 50.4 Å². The molecule has 154 valence electrons. The number of methoxy groups -OCH3 is 1. The van der Waals surface area contributed by atoms with Crippen molar-refractivity contribution in [1.82, 2.24) is 4.72 Å². The summed E-state index contributed by atoms with van der Waals surface area (Å²) in [6, 6.07) is 13.0. The number of primary sulfonamides is 1. The SMILES string of the molecule is COc1ccc(C2=C(C)C(=NCCc3ccc(S(N)(=O)=O)cc3)NS2(=O)=O)cc1. The first kappa shape index (κ1) is 21.0. The van der Waals surface area contributed by atoms with Crippen molar-refractivity contribution < 1.29 is 21.6 Å². The lowest BCUT2D eigenvalue weighted by Gasteiger charge is -2.04. The van der Waals surface area contributed by atoms with Crippen LogP contribution in [-0.2, 0) is 26.5 Å². The van der Waals surface area contributed by atoms with Crippen molar-refractivity contribution in [2.45, 2.75) is 18.2 Å². The lowest BCUT2D eigenvalue weighted by molar-refractivity contribution is 0.415. The number of nitrogens with one attached hydrogen (secondary N) is 1. The molecule has 2 aromatic carbocycles. The van der Waals surface area contributed by atoms with Gasteiger partial charge in [0.15, 0.2) is 0 Å². The van der Waals surface area contributed by atoms with E-state index in [1.165, 1.54) is 12.1 Å². The van der Waals surface area contributed by atoms with Crippen LogP contribution in [0.1, 0.15) is 18.1 Å². The van der Waals surface area contributed by atoms with Crippen molar-refractivity contribution in [3.63, 3.8) is 0 Å². The number of benzene rings is 2. The van der Waals surface area contributed by atoms with Crippen LogP contribution in [0.5, 0.6) is 5.75 Å². The van der Waals surface area contributed by atoms with Crippen LogP contribution in [-0.4, -0.2) is 36.3 Å². The summed E-state index contributed by atoms with van der Waals surface area (Å²) in [6.07, 6.45) is 0.515. The Hall–Kier alpha value is -2.69. The summed E-state index contributed by atoms with van der Waals surface area (Å²) in [5, 5.41) is 5.08. The molecule has 0 aliphatic carbocycles. The molecule has 0 bridgehead atoms. The Balaban J connectivity index is 1.78. The van der Waals surface area contributed by atoms with Crippen molar-refractivity contribution >= 4 is 30.8 Å². The predicted molar refractivity (Wildman–Crippen MR) is 111 cm³/mol. The van der Waals surface area contributed by atoms with Gasteiger partial charge in [-0.1, -0.05) is 12.1 Å². The summed E-state index contributed by atoms with van der Waals surface area (Å²) < 4.78 is 55.3. The molecule has 1 aliphatic heterocycles. The number of nitrogens with two attached hydrogens (primary N) is 1. The quantitative estimate of drug-likeness (QED) is 0.713. The maximum atomic E-state index is 12.6. The van der Waals surface area contributed by atoms with Gasteiger partial charge in [0.25, 0.3) is 10.0 Å². The molecule has 0 aromatic heterocycles. The van der Waals surface area contributed by atoms with Gasteiger partial charge in [0, 0.05) is 12.1 Å². The normalized spacial score (nSPS) is 17.4. The van der Waals surface area contributed by atoms with Crippen LogP contribution in [0, 0.1) is 0 Å². The number of ether oxygens (including phenoxy) is 1. The highest BCUT2D eigenvalue weighted by Crippen LogP contribution is 2.30. The first-order chi connectivity index (χ1) is 13.6. The van der Waals surface area contributed by atoms with Gasteiger partial charge in [-0.2, -0.15) is 0 Å². The Morgan fingerprint density at radius 2 is 1.69 bits per heavy atom. The van der Waals surface area contributed by atoms with E-state index in [0.717, 1.165) is 5.56 Å². The highest BCUT2D eigenvalue weighted by Gasteiger charge is 2.32. The Labute approximate surface area is 170 Å². The van der Waals surface area contributed by atoms with Crippen LogP contribution >= 0.6 is 0 Å². The van der Waals surface area contributed by atoms with Crippen molar-refractivity contribution in [3.8, 4) is 5.75 Å². The summed E-state index contributed by atoms with van der Waals surface area (Å²) >= 11 is 0. The molecular weight excluding hydrogens is 414 g/mol. The number of hydrogen-bond acceptors (Lipinski definition) is 6. The van der Waals surface area contributed by atoms with E-state index < -0.39 is 20.0 Å². The molecule has 29 heavy (non-hydrogen) atoms. The van der Waals surface area contributed by atoms with Crippen LogP contribution in [0.15, 0.2) is 64.0 Å². The molecule has 3 N–H and O–H groups in total. The molecule has 1 aliphatic rings. The lowest BCUT2D eigenvalue weighted by atomic mass is 10.1. The van der Waals surface area contributed by atoms with Gasteiger partial charge in [-0.15, -0.1) is 0 Å². The van der Waals surface area contributed by atoms with Gasteiger partial charge in [0.1, 0.15) is 16.5 Å². The third-order valence-electron chi connectivity index (χ3n) is 4.47. The minimum atomic E-state index is -3.73. The first-order valence-corrected chi connectivity index (χ1v) is 11.7. The minimum absolute atomic E-state index is 0.0408. The second-order valence-corrected chi connectivity index (χ2v) is 9.64. The Kier molecular flexibility index (Phi) is 5.78. The second kappa shape index (κ2) is 7.97. The van der Waals surface area contributed by atoms with Gasteiger partial charge < -0.3 is 4.74 Å². The third kappa shape index (κ3) is 4.66. The van der Waals surface area contributed by atoms with Gasteiger partial charge in [0.05, 0.1) is 12.0 Å². The maximum Gasteiger partial charge on any atom is 0.264 e. The smallest absolute Gasteiger partial charge is 0.264 e. The first-order valence-electron chi connectivity index (χ1n) is 8.66. The van der Waals surface area contributed by atoms with E-state index in [4.69, 9.17) is 9.88 Å². The fourth-order valence-corrected chi connectivity index (χ4v) is 5.01. The third-order valence-corrected chi connectivity index (χ3v) is 6.94. The molecule has 3 rings (SSSR count). The minimum Gasteiger partial charge on any atom is -0.497 e. The fourth-order valence-electron chi connectivity index (χ4n) is 2.97. The molecule has 8 nitrogen and oxygen atoms in total. The summed E-state index contributed by atoms with van der Waals surface area (Å²) in [4.78, 5) is 4.61. The van der Waals surface area contributed by atoms with Gasteiger partial charge in [-0.3, -0.25) is 9.71 Å². The Morgan fingerprint density at radius 1 is 1.07 bits per heavy atom. The molecule has 0 saturated heterocycles. The predicted octanol–water partition coefficient (Wildman–Crippen LogP) is 1.65.